The van der Waals surface area contributed by atoms with Crippen molar-refractivity contribution in [1.82, 2.24) is 15.0 Å². The van der Waals surface area contributed by atoms with Crippen molar-refractivity contribution in [3.05, 3.63) is 71.8 Å². The van der Waals surface area contributed by atoms with Crippen LogP contribution in [0.1, 0.15) is 13.8 Å². The van der Waals surface area contributed by atoms with E-state index in [2.05, 4.69) is 20.3 Å². The van der Waals surface area contributed by atoms with Crippen LogP contribution in [-0.2, 0) is 0 Å². The average Bonchev–Trinajstić information content (AvgIpc) is 2.71. The Balaban J connectivity index is 0.00000109. The summed E-state index contributed by atoms with van der Waals surface area (Å²) in [5.74, 6) is 0.489. The number of fused-ring (bicyclic) bond motifs is 1. The third-order valence-corrected chi connectivity index (χ3v) is 4.11. The Morgan fingerprint density at radius 3 is 2.57 bits per heavy atom. The highest BCUT2D eigenvalue weighted by Gasteiger charge is 2.12. The van der Waals surface area contributed by atoms with Gasteiger partial charge in [-0.1, -0.05) is 43.6 Å². The fraction of sp³-hybridized carbons (Fsp3) is 0.0952. The molecule has 0 bridgehead atoms. The molecule has 0 aliphatic rings. The maximum absolute atomic E-state index is 14.3. The van der Waals surface area contributed by atoms with Gasteiger partial charge in [0.2, 0.25) is 0 Å². The van der Waals surface area contributed by atoms with Crippen LogP contribution in [0.2, 0.25) is 5.02 Å². The van der Waals surface area contributed by atoms with E-state index >= 15 is 0 Å². The molecule has 3 N–H and O–H groups in total. The van der Waals surface area contributed by atoms with Crippen LogP contribution in [0.4, 0.5) is 21.7 Å². The third kappa shape index (κ3) is 4.18. The quantitative estimate of drug-likeness (QED) is 0.456. The van der Waals surface area contributed by atoms with E-state index in [-0.39, 0.29) is 0 Å². The molecule has 0 amide bonds. The van der Waals surface area contributed by atoms with Crippen molar-refractivity contribution in [2.75, 3.05) is 11.1 Å². The van der Waals surface area contributed by atoms with Gasteiger partial charge in [0.1, 0.15) is 23.8 Å². The zero-order valence-electron chi connectivity index (χ0n) is 15.4. The molecule has 0 aliphatic carbocycles. The molecule has 4 rings (SSSR count). The molecule has 2 heterocycles. The summed E-state index contributed by atoms with van der Waals surface area (Å²) in [5, 5.41) is 4.52. The van der Waals surface area contributed by atoms with Crippen LogP contribution in [0, 0.1) is 5.82 Å². The number of hydrogen-bond acceptors (Lipinski definition) is 5. The van der Waals surface area contributed by atoms with Crippen LogP contribution in [-0.4, -0.2) is 15.0 Å². The molecular formula is C21H19ClFN5. The molecule has 2 aromatic carbocycles. The summed E-state index contributed by atoms with van der Waals surface area (Å²) < 4.78 is 14.3. The minimum absolute atomic E-state index is 0.327. The number of nitrogens with two attached hydrogens (primary N) is 1. The van der Waals surface area contributed by atoms with Gasteiger partial charge >= 0.3 is 0 Å². The number of anilines is 3. The molecule has 4 aromatic rings. The predicted molar refractivity (Wildman–Crippen MR) is 113 cm³/mol. The molecule has 142 valence electrons. The largest absolute Gasteiger partial charge is 0.384 e. The molecule has 0 fully saturated rings. The molecule has 0 saturated carbocycles. The SMILES string of the molecule is CC.Nc1cc(Nc2cc(-c3cc(Cl)ccc3F)nc3ccccc23)ncn1. The fourth-order valence-electron chi connectivity index (χ4n) is 2.69. The molecule has 2 aromatic heterocycles. The Morgan fingerprint density at radius 1 is 1.00 bits per heavy atom. The highest BCUT2D eigenvalue weighted by Crippen LogP contribution is 2.32. The van der Waals surface area contributed by atoms with E-state index < -0.39 is 5.82 Å². The first-order valence-corrected chi connectivity index (χ1v) is 9.18. The standard InChI is InChI=1S/C19H13ClFN5.C2H6/c20-11-5-6-14(21)13(7-11)17-8-16(12-3-1-2-4-15(12)25-17)26-19-9-18(22)23-10-24-19;1-2/h1-10H,(H3,22,23,24,25,26);1-2H3. The van der Waals surface area contributed by atoms with Gasteiger partial charge in [-0.2, -0.15) is 0 Å². The van der Waals surface area contributed by atoms with Crippen LogP contribution in [0.15, 0.2) is 60.9 Å². The number of halogens is 2. The molecule has 7 heteroatoms. The highest BCUT2D eigenvalue weighted by molar-refractivity contribution is 6.30. The molecule has 0 spiro atoms. The van der Waals surface area contributed by atoms with Crippen molar-refractivity contribution in [1.29, 1.82) is 0 Å². The van der Waals surface area contributed by atoms with Crippen molar-refractivity contribution in [2.45, 2.75) is 13.8 Å². The Bertz CT molecular complexity index is 1120. The van der Waals surface area contributed by atoms with E-state index in [9.17, 15) is 4.39 Å². The van der Waals surface area contributed by atoms with Crippen molar-refractivity contribution in [2.24, 2.45) is 0 Å². The van der Waals surface area contributed by atoms with E-state index in [0.717, 1.165) is 11.1 Å². The lowest BCUT2D eigenvalue weighted by Gasteiger charge is -2.12. The molecule has 0 unspecified atom stereocenters. The van der Waals surface area contributed by atoms with Gasteiger partial charge in [0, 0.05) is 22.0 Å². The molecule has 5 nitrogen and oxygen atoms in total. The van der Waals surface area contributed by atoms with E-state index in [1.807, 2.05) is 38.1 Å². The molecule has 0 atom stereocenters. The summed E-state index contributed by atoms with van der Waals surface area (Å²) in [6.45, 7) is 4.00. The van der Waals surface area contributed by atoms with Crippen molar-refractivity contribution < 1.29 is 4.39 Å². The summed E-state index contributed by atoms with van der Waals surface area (Å²) in [6, 6.07) is 15.3. The molecular weight excluding hydrogens is 377 g/mol. The minimum Gasteiger partial charge on any atom is -0.384 e. The lowest BCUT2D eigenvalue weighted by molar-refractivity contribution is 0.631. The summed E-state index contributed by atoms with van der Waals surface area (Å²) in [4.78, 5) is 12.6. The Morgan fingerprint density at radius 2 is 1.79 bits per heavy atom. The van der Waals surface area contributed by atoms with Crippen LogP contribution >= 0.6 is 11.6 Å². The Hall–Kier alpha value is -3.25. The first-order valence-electron chi connectivity index (χ1n) is 8.80. The van der Waals surface area contributed by atoms with Gasteiger partial charge in [-0.3, -0.25) is 0 Å². The fourth-order valence-corrected chi connectivity index (χ4v) is 2.86. The van der Waals surface area contributed by atoms with Crippen LogP contribution in [0.3, 0.4) is 0 Å². The van der Waals surface area contributed by atoms with Crippen molar-refractivity contribution >= 4 is 39.8 Å². The summed E-state index contributed by atoms with van der Waals surface area (Å²) in [7, 11) is 0. The van der Waals surface area contributed by atoms with Gasteiger partial charge in [0.15, 0.2) is 0 Å². The second kappa shape index (κ2) is 8.63. The summed E-state index contributed by atoms with van der Waals surface area (Å²) in [6.07, 6.45) is 1.37. The first kappa shape index (κ1) is 19.5. The molecule has 28 heavy (non-hydrogen) atoms. The topological polar surface area (TPSA) is 76.7 Å². The zero-order chi connectivity index (χ0) is 20.1. The Kier molecular flexibility index (Phi) is 6.01. The van der Waals surface area contributed by atoms with Gasteiger partial charge in [-0.05, 0) is 30.3 Å². The number of nitrogens with zero attached hydrogens (tertiary/aromatic N) is 3. The number of para-hydroxylation sites is 1. The van der Waals surface area contributed by atoms with Gasteiger partial charge in [0.05, 0.1) is 16.9 Å². The number of nitrogen functional groups attached to an aromatic ring is 1. The monoisotopic (exact) mass is 395 g/mol. The van der Waals surface area contributed by atoms with E-state index in [1.54, 1.807) is 18.2 Å². The number of rotatable bonds is 3. The number of aromatic nitrogens is 3. The summed E-state index contributed by atoms with van der Waals surface area (Å²) >= 11 is 6.03. The molecule has 0 aliphatic heterocycles. The van der Waals surface area contributed by atoms with Gasteiger partial charge < -0.3 is 11.1 Å². The van der Waals surface area contributed by atoms with Crippen LogP contribution in [0.5, 0.6) is 0 Å². The zero-order valence-corrected chi connectivity index (χ0v) is 16.2. The normalized spacial score (nSPS) is 10.3. The highest BCUT2D eigenvalue weighted by atomic mass is 35.5. The van der Waals surface area contributed by atoms with Gasteiger partial charge in [-0.25, -0.2) is 19.3 Å². The Labute approximate surface area is 167 Å². The maximum atomic E-state index is 14.3. The lowest BCUT2D eigenvalue weighted by atomic mass is 10.1. The number of benzene rings is 2. The van der Waals surface area contributed by atoms with Gasteiger partial charge in [-0.15, -0.1) is 0 Å². The maximum Gasteiger partial charge on any atom is 0.135 e. The van der Waals surface area contributed by atoms with Crippen LogP contribution in [0.25, 0.3) is 22.2 Å². The predicted octanol–water partition coefficient (Wildman–Crippen LogP) is 5.84. The van der Waals surface area contributed by atoms with E-state index in [4.69, 9.17) is 17.3 Å². The van der Waals surface area contributed by atoms with Crippen molar-refractivity contribution in [3.63, 3.8) is 0 Å². The number of pyridine rings is 1. The summed E-state index contributed by atoms with van der Waals surface area (Å²) in [5.41, 5.74) is 7.95. The van der Waals surface area contributed by atoms with Crippen molar-refractivity contribution in [3.8, 4) is 11.3 Å². The second-order valence-corrected chi connectivity index (χ2v) is 6.09. The second-order valence-electron chi connectivity index (χ2n) is 5.65. The molecule has 0 saturated heterocycles. The van der Waals surface area contributed by atoms with E-state index in [0.29, 0.717) is 33.4 Å². The van der Waals surface area contributed by atoms with Crippen LogP contribution < -0.4 is 11.1 Å². The number of hydrogen-bond donors (Lipinski definition) is 2. The minimum atomic E-state index is -0.394. The lowest BCUT2D eigenvalue weighted by Crippen LogP contribution is -1.99. The van der Waals surface area contributed by atoms with Gasteiger partial charge in [0.25, 0.3) is 0 Å². The smallest absolute Gasteiger partial charge is 0.135 e. The number of nitrogens with one attached hydrogen (secondary N) is 1. The first-order chi connectivity index (χ1) is 13.6. The molecule has 0 radical (unpaired) electrons. The van der Waals surface area contributed by atoms with E-state index in [1.165, 1.54) is 18.5 Å². The third-order valence-electron chi connectivity index (χ3n) is 3.87. The average molecular weight is 396 g/mol.